The molecule has 1 amide bonds. The normalized spacial score (nSPS) is 14.8. The quantitative estimate of drug-likeness (QED) is 0.553. The molecule has 1 aliphatic heterocycles. The number of hydrogen-bond acceptors (Lipinski definition) is 5. The van der Waals surface area contributed by atoms with Crippen LogP contribution in [0.3, 0.4) is 0 Å². The molecule has 8 heteroatoms. The number of benzene rings is 1. The van der Waals surface area contributed by atoms with Gasteiger partial charge in [0, 0.05) is 30.7 Å². The van der Waals surface area contributed by atoms with Crippen LogP contribution in [-0.4, -0.2) is 36.6 Å². The Kier molecular flexibility index (Phi) is 4.09. The number of rotatable bonds is 4. The molecule has 1 saturated carbocycles. The van der Waals surface area contributed by atoms with E-state index in [9.17, 15) is 4.79 Å². The van der Waals surface area contributed by atoms with E-state index in [0.717, 1.165) is 22.8 Å². The van der Waals surface area contributed by atoms with Crippen molar-refractivity contribution in [1.29, 1.82) is 0 Å². The lowest BCUT2D eigenvalue weighted by atomic mass is 10.1. The van der Waals surface area contributed by atoms with Crippen LogP contribution < -0.4 is 10.1 Å². The Morgan fingerprint density at radius 3 is 2.97 bits per heavy atom. The number of imidazole rings is 2. The van der Waals surface area contributed by atoms with Gasteiger partial charge in [0.1, 0.15) is 18.1 Å². The van der Waals surface area contributed by atoms with Gasteiger partial charge in [0.05, 0.1) is 35.5 Å². The molecule has 4 heterocycles. The Morgan fingerprint density at radius 2 is 2.06 bits per heavy atom. The van der Waals surface area contributed by atoms with E-state index in [0.29, 0.717) is 36.2 Å². The van der Waals surface area contributed by atoms with Crippen molar-refractivity contribution in [1.82, 2.24) is 24.1 Å². The van der Waals surface area contributed by atoms with Crippen LogP contribution in [0, 0.1) is 0 Å². The molecule has 1 N–H and O–H groups in total. The molecule has 6 rings (SSSR count). The molecule has 0 bridgehead atoms. The van der Waals surface area contributed by atoms with Crippen molar-refractivity contribution >= 4 is 11.6 Å². The Balaban J connectivity index is 1.29. The fourth-order valence-corrected chi connectivity index (χ4v) is 3.91. The Hall–Kier alpha value is -3.94. The Labute approximate surface area is 178 Å². The first-order chi connectivity index (χ1) is 15.3. The highest BCUT2D eigenvalue weighted by Crippen LogP contribution is 2.39. The molecule has 154 valence electrons. The van der Waals surface area contributed by atoms with E-state index in [1.165, 1.54) is 12.8 Å². The van der Waals surface area contributed by atoms with E-state index in [1.54, 1.807) is 24.8 Å². The average Bonchev–Trinajstić information content (AvgIpc) is 3.39. The van der Waals surface area contributed by atoms with Gasteiger partial charge in [-0.05, 0) is 37.1 Å². The summed E-state index contributed by atoms with van der Waals surface area (Å²) >= 11 is 0. The highest BCUT2D eigenvalue weighted by molar-refractivity contribution is 6.04. The maximum absolute atomic E-state index is 13.0. The zero-order valence-corrected chi connectivity index (χ0v) is 16.7. The standard InChI is InChI=1S/C23H20N6O2/c30-23(19-12-16(6-7-24-19)29-13-20(26-14-29)15-4-5-15)27-18-3-1-2-17-21(18)31-11-10-28-9-8-25-22(17)28/h1-3,6-9,12-15H,4-5,10-11H2,(H,27,30). The second-order valence-corrected chi connectivity index (χ2v) is 7.81. The molecule has 0 spiro atoms. The van der Waals surface area contributed by atoms with E-state index in [2.05, 4.69) is 20.3 Å². The van der Waals surface area contributed by atoms with Crippen molar-refractivity contribution < 1.29 is 9.53 Å². The van der Waals surface area contributed by atoms with Crippen LogP contribution >= 0.6 is 0 Å². The van der Waals surface area contributed by atoms with Crippen molar-refractivity contribution in [3.8, 4) is 22.8 Å². The van der Waals surface area contributed by atoms with Gasteiger partial charge in [-0.25, -0.2) is 9.97 Å². The van der Waals surface area contributed by atoms with Crippen LogP contribution in [-0.2, 0) is 6.54 Å². The molecule has 1 fully saturated rings. The smallest absolute Gasteiger partial charge is 0.274 e. The van der Waals surface area contributed by atoms with Gasteiger partial charge in [-0.15, -0.1) is 0 Å². The fraction of sp³-hybridized carbons (Fsp3) is 0.217. The third-order valence-electron chi connectivity index (χ3n) is 5.67. The van der Waals surface area contributed by atoms with E-state index in [1.807, 2.05) is 45.8 Å². The molecule has 0 unspecified atom stereocenters. The van der Waals surface area contributed by atoms with E-state index in [4.69, 9.17) is 4.74 Å². The van der Waals surface area contributed by atoms with Crippen molar-refractivity contribution in [2.45, 2.75) is 25.3 Å². The molecule has 0 atom stereocenters. The Morgan fingerprint density at radius 1 is 1.13 bits per heavy atom. The monoisotopic (exact) mass is 412 g/mol. The maximum Gasteiger partial charge on any atom is 0.274 e. The third-order valence-corrected chi connectivity index (χ3v) is 5.67. The minimum atomic E-state index is -0.297. The van der Waals surface area contributed by atoms with Crippen LogP contribution in [0.25, 0.3) is 17.1 Å². The first kappa shape index (κ1) is 17.9. The van der Waals surface area contributed by atoms with Gasteiger partial charge in [0.25, 0.3) is 5.91 Å². The van der Waals surface area contributed by atoms with Gasteiger partial charge in [0.2, 0.25) is 0 Å². The van der Waals surface area contributed by atoms with Gasteiger partial charge in [-0.1, -0.05) is 6.07 Å². The summed E-state index contributed by atoms with van der Waals surface area (Å²) in [6.07, 6.45) is 11.6. The first-order valence-corrected chi connectivity index (χ1v) is 10.4. The lowest BCUT2D eigenvalue weighted by molar-refractivity contribution is 0.102. The molecule has 0 saturated heterocycles. The van der Waals surface area contributed by atoms with Crippen LogP contribution in [0.2, 0.25) is 0 Å². The van der Waals surface area contributed by atoms with Crippen LogP contribution in [0.5, 0.6) is 5.75 Å². The fourth-order valence-electron chi connectivity index (χ4n) is 3.91. The number of aromatic nitrogens is 5. The van der Waals surface area contributed by atoms with Crippen LogP contribution in [0.1, 0.15) is 34.9 Å². The van der Waals surface area contributed by atoms with Crippen LogP contribution in [0.15, 0.2) is 61.4 Å². The van der Waals surface area contributed by atoms with E-state index >= 15 is 0 Å². The minimum absolute atomic E-state index is 0.297. The third kappa shape index (κ3) is 3.26. The summed E-state index contributed by atoms with van der Waals surface area (Å²) in [6, 6.07) is 9.30. The average molecular weight is 412 g/mol. The number of ether oxygens (including phenoxy) is 1. The summed E-state index contributed by atoms with van der Waals surface area (Å²) in [4.78, 5) is 26.2. The van der Waals surface area contributed by atoms with Crippen molar-refractivity contribution in [3.05, 3.63) is 72.8 Å². The zero-order chi connectivity index (χ0) is 20.8. The first-order valence-electron chi connectivity index (χ1n) is 10.4. The summed E-state index contributed by atoms with van der Waals surface area (Å²) < 4.78 is 9.95. The van der Waals surface area contributed by atoms with Gasteiger partial charge in [-0.2, -0.15) is 0 Å². The van der Waals surface area contributed by atoms with E-state index < -0.39 is 0 Å². The summed E-state index contributed by atoms with van der Waals surface area (Å²) in [5, 5.41) is 2.96. The number of nitrogens with zero attached hydrogens (tertiary/aromatic N) is 5. The molecule has 0 radical (unpaired) electrons. The highest BCUT2D eigenvalue weighted by Gasteiger charge is 2.26. The summed E-state index contributed by atoms with van der Waals surface area (Å²) in [7, 11) is 0. The number of fused-ring (bicyclic) bond motifs is 3. The highest BCUT2D eigenvalue weighted by atomic mass is 16.5. The topological polar surface area (TPSA) is 86.9 Å². The number of hydrogen-bond donors (Lipinski definition) is 1. The number of anilines is 1. The summed E-state index contributed by atoms with van der Waals surface area (Å²) in [6.45, 7) is 1.20. The summed E-state index contributed by atoms with van der Waals surface area (Å²) in [5.41, 5.74) is 3.74. The molecule has 1 aliphatic carbocycles. The van der Waals surface area contributed by atoms with Gasteiger partial charge in [-0.3, -0.25) is 9.78 Å². The molecule has 4 aromatic rings. The van der Waals surface area contributed by atoms with Gasteiger partial charge in [0.15, 0.2) is 5.75 Å². The molecule has 8 nitrogen and oxygen atoms in total. The SMILES string of the molecule is O=C(Nc1cccc2c1OCCn1ccnc1-2)c1cc(-n2cnc(C3CC3)c2)ccn1. The lowest BCUT2D eigenvalue weighted by Gasteiger charge is -2.13. The molecule has 2 aliphatic rings. The predicted molar refractivity (Wildman–Crippen MR) is 114 cm³/mol. The predicted octanol–water partition coefficient (Wildman–Crippen LogP) is 3.65. The Bertz CT molecular complexity index is 1290. The minimum Gasteiger partial charge on any atom is -0.489 e. The van der Waals surface area contributed by atoms with Crippen molar-refractivity contribution in [3.63, 3.8) is 0 Å². The molecule has 3 aromatic heterocycles. The number of amides is 1. The summed E-state index contributed by atoms with van der Waals surface area (Å²) in [5.74, 6) is 1.74. The lowest BCUT2D eigenvalue weighted by Crippen LogP contribution is -2.15. The zero-order valence-electron chi connectivity index (χ0n) is 16.7. The molecule has 31 heavy (non-hydrogen) atoms. The number of para-hydroxylation sites is 1. The van der Waals surface area contributed by atoms with Gasteiger partial charge >= 0.3 is 0 Å². The number of carbonyl (C=O) groups excluding carboxylic acids is 1. The number of nitrogens with one attached hydrogen (secondary N) is 1. The second-order valence-electron chi connectivity index (χ2n) is 7.81. The largest absolute Gasteiger partial charge is 0.489 e. The number of pyridine rings is 1. The van der Waals surface area contributed by atoms with Crippen molar-refractivity contribution in [2.24, 2.45) is 0 Å². The number of carbonyl (C=O) groups is 1. The van der Waals surface area contributed by atoms with Crippen molar-refractivity contribution in [2.75, 3.05) is 11.9 Å². The van der Waals surface area contributed by atoms with Crippen LogP contribution in [0.4, 0.5) is 5.69 Å². The second kappa shape index (κ2) is 7.09. The molecule has 1 aromatic carbocycles. The van der Waals surface area contributed by atoms with Gasteiger partial charge < -0.3 is 19.2 Å². The molecular formula is C23H20N6O2. The maximum atomic E-state index is 13.0. The van der Waals surface area contributed by atoms with E-state index in [-0.39, 0.29) is 5.91 Å². The molecular weight excluding hydrogens is 392 g/mol.